The maximum Gasteiger partial charge on any atom is 0.258 e. The molecule has 4 atom stereocenters. The van der Waals surface area contributed by atoms with Gasteiger partial charge < -0.3 is 14.6 Å². The summed E-state index contributed by atoms with van der Waals surface area (Å²) in [6.45, 7) is 0.329. The van der Waals surface area contributed by atoms with Gasteiger partial charge in [-0.05, 0) is 29.8 Å². The molecule has 1 amide bonds. The third kappa shape index (κ3) is 2.78. The van der Waals surface area contributed by atoms with Gasteiger partial charge in [0.2, 0.25) is 5.91 Å². The Morgan fingerprint density at radius 2 is 1.96 bits per heavy atom. The molecule has 1 fully saturated rings. The lowest BCUT2D eigenvalue weighted by Crippen LogP contribution is -2.45. The van der Waals surface area contributed by atoms with Crippen LogP contribution in [-0.2, 0) is 11.3 Å². The van der Waals surface area contributed by atoms with E-state index in [-0.39, 0.29) is 41.8 Å². The van der Waals surface area contributed by atoms with Crippen LogP contribution in [0, 0.1) is 17.7 Å². The van der Waals surface area contributed by atoms with Gasteiger partial charge in [-0.25, -0.2) is 4.39 Å². The van der Waals surface area contributed by atoms with Crippen molar-refractivity contribution < 1.29 is 14.3 Å². The van der Waals surface area contributed by atoms with Gasteiger partial charge >= 0.3 is 0 Å². The number of hydrogen-bond donors (Lipinski definition) is 2. The molecule has 0 saturated carbocycles. The monoisotopic (exact) mass is 371 g/mol. The highest BCUT2D eigenvalue weighted by molar-refractivity contribution is 5.82. The van der Waals surface area contributed by atoms with Crippen molar-refractivity contribution in [1.82, 2.24) is 14.8 Å². The molecule has 2 aliphatic heterocycles. The molecule has 4 rings (SSSR count). The Labute approximate surface area is 156 Å². The summed E-state index contributed by atoms with van der Waals surface area (Å²) >= 11 is 0. The Hall–Kier alpha value is -2.51. The summed E-state index contributed by atoms with van der Waals surface area (Å²) in [6.07, 6.45) is 0. The Balaban J connectivity index is 1.70. The van der Waals surface area contributed by atoms with Crippen molar-refractivity contribution in [3.63, 3.8) is 0 Å². The fourth-order valence-corrected chi connectivity index (χ4v) is 4.37. The van der Waals surface area contributed by atoms with Gasteiger partial charge in [0, 0.05) is 50.3 Å². The lowest BCUT2D eigenvalue weighted by atomic mass is 9.88. The van der Waals surface area contributed by atoms with E-state index in [2.05, 4.69) is 5.32 Å². The molecule has 2 aliphatic rings. The van der Waals surface area contributed by atoms with E-state index in [1.807, 2.05) is 6.07 Å². The maximum atomic E-state index is 13.2. The van der Waals surface area contributed by atoms with Crippen molar-refractivity contribution in [2.24, 2.45) is 11.8 Å². The summed E-state index contributed by atoms with van der Waals surface area (Å²) in [7, 11) is 3.39. The number of fused-ring (bicyclic) bond motifs is 3. The van der Waals surface area contributed by atoms with Gasteiger partial charge in [0.25, 0.3) is 5.56 Å². The van der Waals surface area contributed by atoms with Crippen molar-refractivity contribution in [1.29, 1.82) is 0 Å². The smallest absolute Gasteiger partial charge is 0.258 e. The van der Waals surface area contributed by atoms with Crippen LogP contribution in [0.1, 0.15) is 11.7 Å². The average Bonchev–Trinajstić information content (AvgIpc) is 3.18. The zero-order valence-electron chi connectivity index (χ0n) is 15.2. The molecule has 0 spiro atoms. The van der Waals surface area contributed by atoms with E-state index in [4.69, 9.17) is 0 Å². The molecule has 0 aliphatic carbocycles. The standard InChI is InChI=1S/C20H22FN3O3/c1-23(2)20(27)18-15(10-25)14-9-24-16(17(14)22-18)8-7-13(19(24)26)11-3-5-12(21)6-4-11/h3-8,14-15,17-18,22,25H,9-10H2,1-2H3/t14-,15-,17+,18-/m0/s1. The number of nitrogens with zero attached hydrogens (tertiary/aromatic N) is 2. The molecule has 6 nitrogen and oxygen atoms in total. The van der Waals surface area contributed by atoms with Crippen LogP contribution in [0.2, 0.25) is 0 Å². The van der Waals surface area contributed by atoms with Gasteiger partial charge in [-0.2, -0.15) is 0 Å². The lowest BCUT2D eigenvalue weighted by molar-refractivity contribution is -0.132. The molecule has 0 unspecified atom stereocenters. The van der Waals surface area contributed by atoms with Crippen LogP contribution in [0.5, 0.6) is 0 Å². The molecular weight excluding hydrogens is 349 g/mol. The molecule has 3 heterocycles. The minimum Gasteiger partial charge on any atom is -0.396 e. The summed E-state index contributed by atoms with van der Waals surface area (Å²) in [5.74, 6) is -0.694. The first-order valence-corrected chi connectivity index (χ1v) is 9.00. The third-order valence-corrected chi connectivity index (χ3v) is 5.76. The quantitative estimate of drug-likeness (QED) is 0.844. The van der Waals surface area contributed by atoms with Crippen LogP contribution in [0.4, 0.5) is 4.39 Å². The van der Waals surface area contributed by atoms with E-state index in [0.717, 1.165) is 5.69 Å². The number of carbonyl (C=O) groups is 1. The topological polar surface area (TPSA) is 74.6 Å². The number of aliphatic hydroxyl groups excluding tert-OH is 1. The number of amides is 1. The molecule has 2 aromatic rings. The number of hydrogen-bond acceptors (Lipinski definition) is 4. The summed E-state index contributed by atoms with van der Waals surface area (Å²) in [5.41, 5.74) is 1.87. The first-order chi connectivity index (χ1) is 12.9. The molecule has 1 aromatic carbocycles. The van der Waals surface area contributed by atoms with Gasteiger partial charge in [0.1, 0.15) is 5.82 Å². The Bertz CT molecular complexity index is 938. The second-order valence-electron chi connectivity index (χ2n) is 7.46. The van der Waals surface area contributed by atoms with Gasteiger partial charge in [0.05, 0.1) is 12.1 Å². The zero-order valence-corrected chi connectivity index (χ0v) is 15.2. The molecule has 1 aromatic heterocycles. The Morgan fingerprint density at radius 3 is 2.59 bits per heavy atom. The summed E-state index contributed by atoms with van der Waals surface area (Å²) in [4.78, 5) is 27.0. The first kappa shape index (κ1) is 17.9. The van der Waals surface area contributed by atoms with E-state index < -0.39 is 6.04 Å². The highest BCUT2D eigenvalue weighted by Gasteiger charge is 2.50. The number of pyridine rings is 1. The second-order valence-corrected chi connectivity index (χ2v) is 7.46. The number of nitrogens with one attached hydrogen (secondary N) is 1. The number of rotatable bonds is 3. The fourth-order valence-electron chi connectivity index (χ4n) is 4.37. The largest absolute Gasteiger partial charge is 0.396 e. The normalized spacial score (nSPS) is 25.9. The Morgan fingerprint density at radius 1 is 1.26 bits per heavy atom. The van der Waals surface area contributed by atoms with Crippen LogP contribution in [0.25, 0.3) is 11.1 Å². The van der Waals surface area contributed by atoms with Gasteiger partial charge in [-0.1, -0.05) is 12.1 Å². The molecule has 2 N–H and O–H groups in total. The van der Waals surface area contributed by atoms with Crippen LogP contribution in [0.15, 0.2) is 41.2 Å². The SMILES string of the molecule is CN(C)C(=O)[C@H]1N[C@H]2c3ccc(-c4ccc(F)cc4)c(=O)n3C[C@H]2[C@@H]1CO. The van der Waals surface area contributed by atoms with Crippen LogP contribution >= 0.6 is 0 Å². The first-order valence-electron chi connectivity index (χ1n) is 9.00. The number of likely N-dealkylation sites (N-methyl/N-ethyl adjacent to an activating group) is 1. The molecule has 142 valence electrons. The number of halogens is 1. The van der Waals surface area contributed by atoms with Gasteiger partial charge in [-0.15, -0.1) is 0 Å². The van der Waals surface area contributed by atoms with Crippen molar-refractivity contribution >= 4 is 5.91 Å². The van der Waals surface area contributed by atoms with Gasteiger partial charge in [-0.3, -0.25) is 14.9 Å². The zero-order chi connectivity index (χ0) is 19.3. The van der Waals surface area contributed by atoms with Crippen molar-refractivity contribution in [2.45, 2.75) is 18.6 Å². The summed E-state index contributed by atoms with van der Waals surface area (Å²) in [5, 5.41) is 13.2. The highest BCUT2D eigenvalue weighted by atomic mass is 19.1. The number of aromatic nitrogens is 1. The summed E-state index contributed by atoms with van der Waals surface area (Å²) in [6, 6.07) is 8.89. The molecule has 0 bridgehead atoms. The van der Waals surface area contributed by atoms with Crippen molar-refractivity contribution in [3.05, 3.63) is 58.3 Å². The number of carbonyl (C=O) groups excluding carboxylic acids is 1. The molecule has 27 heavy (non-hydrogen) atoms. The molecule has 0 radical (unpaired) electrons. The number of benzene rings is 1. The van der Waals surface area contributed by atoms with E-state index in [1.54, 1.807) is 36.9 Å². The summed E-state index contributed by atoms with van der Waals surface area (Å²) < 4.78 is 14.9. The molecular formula is C20H22FN3O3. The molecule has 1 saturated heterocycles. The van der Waals surface area contributed by atoms with E-state index in [9.17, 15) is 19.1 Å². The van der Waals surface area contributed by atoms with Crippen molar-refractivity contribution in [3.8, 4) is 11.1 Å². The van der Waals surface area contributed by atoms with Crippen LogP contribution < -0.4 is 10.9 Å². The second kappa shape index (κ2) is 6.58. The number of aliphatic hydroxyl groups is 1. The highest BCUT2D eigenvalue weighted by Crippen LogP contribution is 2.43. The minimum absolute atomic E-state index is 0.0277. The molecule has 7 heteroatoms. The van der Waals surface area contributed by atoms with E-state index >= 15 is 0 Å². The van der Waals surface area contributed by atoms with E-state index in [0.29, 0.717) is 17.7 Å². The van der Waals surface area contributed by atoms with Crippen molar-refractivity contribution in [2.75, 3.05) is 20.7 Å². The lowest BCUT2D eigenvalue weighted by Gasteiger charge is -2.23. The Kier molecular flexibility index (Phi) is 4.36. The van der Waals surface area contributed by atoms with E-state index in [1.165, 1.54) is 17.0 Å². The maximum absolute atomic E-state index is 13.2. The van der Waals surface area contributed by atoms with Gasteiger partial charge in [0.15, 0.2) is 0 Å². The minimum atomic E-state index is -0.458. The van der Waals surface area contributed by atoms with Crippen LogP contribution in [-0.4, -0.2) is 47.2 Å². The average molecular weight is 371 g/mol. The third-order valence-electron chi connectivity index (χ3n) is 5.76. The predicted molar refractivity (Wildman–Crippen MR) is 98.5 cm³/mol. The van der Waals surface area contributed by atoms with Crippen LogP contribution in [0.3, 0.4) is 0 Å². The predicted octanol–water partition coefficient (Wildman–Crippen LogP) is 0.994. The fraction of sp³-hybridized carbons (Fsp3) is 0.400.